The second kappa shape index (κ2) is 11.0. The topological polar surface area (TPSA) is 65.4 Å². The van der Waals surface area contributed by atoms with Crippen LogP contribution in [0.25, 0.3) is 11.0 Å². The van der Waals surface area contributed by atoms with Crippen LogP contribution in [-0.4, -0.2) is 35.2 Å². The molecule has 0 bridgehead atoms. The zero-order valence-corrected chi connectivity index (χ0v) is 17.9. The molecule has 0 atom stereocenters. The molecule has 4 aromatic rings. The SMILES string of the molecule is O=C(COc1ccccc1)NCCc1nc2ccccc2n1CCCOc1ccccc1. The first-order valence-corrected chi connectivity index (χ1v) is 10.9. The molecule has 0 spiro atoms. The van der Waals surface area contributed by atoms with Crippen LogP contribution in [0.1, 0.15) is 12.2 Å². The number of ether oxygens (including phenoxy) is 2. The average Bonchev–Trinajstić information content (AvgIpc) is 3.19. The number of para-hydroxylation sites is 4. The number of aryl methyl sites for hydroxylation is 1. The molecule has 32 heavy (non-hydrogen) atoms. The van der Waals surface area contributed by atoms with Crippen LogP contribution in [0, 0.1) is 0 Å². The van der Waals surface area contributed by atoms with Crippen molar-refractivity contribution in [1.29, 1.82) is 0 Å². The highest BCUT2D eigenvalue weighted by atomic mass is 16.5. The first kappa shape index (κ1) is 21.4. The van der Waals surface area contributed by atoms with Crippen LogP contribution < -0.4 is 14.8 Å². The Labute approximate surface area is 187 Å². The minimum absolute atomic E-state index is 0.00272. The minimum atomic E-state index is -0.146. The smallest absolute Gasteiger partial charge is 0.257 e. The van der Waals surface area contributed by atoms with Gasteiger partial charge in [-0.1, -0.05) is 48.5 Å². The third-order valence-electron chi connectivity index (χ3n) is 5.06. The molecule has 6 heteroatoms. The summed E-state index contributed by atoms with van der Waals surface area (Å²) in [4.78, 5) is 16.9. The Morgan fingerprint density at radius 1 is 0.844 bits per heavy atom. The second-order valence-electron chi connectivity index (χ2n) is 7.39. The van der Waals surface area contributed by atoms with Gasteiger partial charge in [-0.15, -0.1) is 0 Å². The largest absolute Gasteiger partial charge is 0.494 e. The summed E-state index contributed by atoms with van der Waals surface area (Å²) in [6.45, 7) is 1.93. The zero-order chi connectivity index (χ0) is 22.0. The molecule has 1 heterocycles. The average molecular weight is 430 g/mol. The summed E-state index contributed by atoms with van der Waals surface area (Å²) < 4.78 is 13.5. The van der Waals surface area contributed by atoms with Gasteiger partial charge in [0.1, 0.15) is 17.3 Å². The molecule has 0 aliphatic carbocycles. The van der Waals surface area contributed by atoms with Gasteiger partial charge in [0, 0.05) is 19.5 Å². The number of carbonyl (C=O) groups excluding carboxylic acids is 1. The number of carbonyl (C=O) groups is 1. The normalized spacial score (nSPS) is 10.8. The van der Waals surface area contributed by atoms with Gasteiger partial charge in [-0.25, -0.2) is 4.98 Å². The molecular formula is C26H27N3O3. The summed E-state index contributed by atoms with van der Waals surface area (Å²) in [5.41, 5.74) is 2.06. The van der Waals surface area contributed by atoms with Crippen LogP contribution in [0.4, 0.5) is 0 Å². The van der Waals surface area contributed by atoms with Gasteiger partial charge in [0.15, 0.2) is 6.61 Å². The lowest BCUT2D eigenvalue weighted by Crippen LogP contribution is -2.31. The molecule has 1 aromatic heterocycles. The third kappa shape index (κ3) is 5.88. The number of hydrogen-bond donors (Lipinski definition) is 1. The zero-order valence-electron chi connectivity index (χ0n) is 17.9. The summed E-state index contributed by atoms with van der Waals surface area (Å²) in [5, 5.41) is 2.92. The van der Waals surface area contributed by atoms with Gasteiger partial charge in [-0.3, -0.25) is 4.79 Å². The Balaban J connectivity index is 1.30. The first-order valence-electron chi connectivity index (χ1n) is 10.9. The van der Waals surface area contributed by atoms with Gasteiger partial charge in [0.2, 0.25) is 0 Å². The molecule has 1 amide bonds. The van der Waals surface area contributed by atoms with Gasteiger partial charge in [0.05, 0.1) is 17.6 Å². The van der Waals surface area contributed by atoms with Crippen molar-refractivity contribution >= 4 is 16.9 Å². The van der Waals surface area contributed by atoms with Crippen LogP contribution in [-0.2, 0) is 17.8 Å². The van der Waals surface area contributed by atoms with Crippen LogP contribution >= 0.6 is 0 Å². The summed E-state index contributed by atoms with van der Waals surface area (Å²) in [7, 11) is 0. The molecule has 0 aliphatic heterocycles. The predicted molar refractivity (Wildman–Crippen MR) is 125 cm³/mol. The van der Waals surface area contributed by atoms with Crippen molar-refractivity contribution in [2.75, 3.05) is 19.8 Å². The molecule has 164 valence electrons. The quantitative estimate of drug-likeness (QED) is 0.362. The second-order valence-corrected chi connectivity index (χ2v) is 7.39. The number of nitrogens with one attached hydrogen (secondary N) is 1. The molecule has 3 aromatic carbocycles. The van der Waals surface area contributed by atoms with E-state index in [0.29, 0.717) is 25.3 Å². The van der Waals surface area contributed by atoms with E-state index in [1.165, 1.54) is 0 Å². The van der Waals surface area contributed by atoms with Gasteiger partial charge in [-0.2, -0.15) is 0 Å². The number of hydrogen-bond acceptors (Lipinski definition) is 4. The van der Waals surface area contributed by atoms with Crippen molar-refractivity contribution in [2.45, 2.75) is 19.4 Å². The minimum Gasteiger partial charge on any atom is -0.494 e. The van der Waals surface area contributed by atoms with Crippen LogP contribution in [0.2, 0.25) is 0 Å². The standard InChI is InChI=1S/C26H27N3O3/c30-26(20-32-22-12-5-2-6-13-22)27-17-16-25-28-23-14-7-8-15-24(23)29(25)18-9-19-31-21-10-3-1-4-11-21/h1-8,10-15H,9,16-20H2,(H,27,30). The van der Waals surface area contributed by atoms with Crippen molar-refractivity contribution in [3.63, 3.8) is 0 Å². The van der Waals surface area contributed by atoms with E-state index in [1.807, 2.05) is 78.9 Å². The Hall–Kier alpha value is -3.80. The van der Waals surface area contributed by atoms with E-state index in [9.17, 15) is 4.79 Å². The summed E-state index contributed by atoms with van der Waals surface area (Å²) in [5.74, 6) is 2.37. The highest BCUT2D eigenvalue weighted by Gasteiger charge is 2.11. The molecule has 0 saturated heterocycles. The number of nitrogens with zero attached hydrogens (tertiary/aromatic N) is 2. The fraction of sp³-hybridized carbons (Fsp3) is 0.231. The van der Waals surface area contributed by atoms with E-state index in [0.717, 1.165) is 35.6 Å². The monoisotopic (exact) mass is 429 g/mol. The molecule has 0 aliphatic rings. The van der Waals surface area contributed by atoms with E-state index in [1.54, 1.807) is 0 Å². The molecular weight excluding hydrogens is 402 g/mol. The molecule has 0 fully saturated rings. The van der Waals surface area contributed by atoms with Gasteiger partial charge < -0.3 is 19.4 Å². The number of rotatable bonds is 11. The van der Waals surface area contributed by atoms with Crippen molar-refractivity contribution in [2.24, 2.45) is 0 Å². The van der Waals surface area contributed by atoms with E-state index in [4.69, 9.17) is 14.5 Å². The van der Waals surface area contributed by atoms with Crippen LogP contribution in [0.3, 0.4) is 0 Å². The summed E-state index contributed by atoms with van der Waals surface area (Å²) >= 11 is 0. The highest BCUT2D eigenvalue weighted by molar-refractivity contribution is 5.77. The summed E-state index contributed by atoms with van der Waals surface area (Å²) in [6, 6.07) is 27.3. The molecule has 1 N–H and O–H groups in total. The number of imidazole rings is 1. The van der Waals surface area contributed by atoms with E-state index in [2.05, 4.69) is 16.0 Å². The molecule has 4 rings (SSSR count). The predicted octanol–water partition coefficient (Wildman–Crippen LogP) is 4.24. The maximum Gasteiger partial charge on any atom is 0.257 e. The third-order valence-corrected chi connectivity index (χ3v) is 5.06. The molecule has 6 nitrogen and oxygen atoms in total. The number of amides is 1. The Morgan fingerprint density at radius 3 is 2.25 bits per heavy atom. The molecule has 0 saturated carbocycles. The fourth-order valence-electron chi connectivity index (χ4n) is 3.53. The van der Waals surface area contributed by atoms with Crippen molar-refractivity contribution in [1.82, 2.24) is 14.9 Å². The van der Waals surface area contributed by atoms with Crippen LogP contribution in [0.5, 0.6) is 11.5 Å². The lowest BCUT2D eigenvalue weighted by molar-refractivity contribution is -0.123. The molecule has 0 unspecified atom stereocenters. The number of benzene rings is 3. The van der Waals surface area contributed by atoms with Gasteiger partial charge in [0.25, 0.3) is 5.91 Å². The fourth-order valence-corrected chi connectivity index (χ4v) is 3.53. The number of fused-ring (bicyclic) bond motifs is 1. The van der Waals surface area contributed by atoms with Crippen molar-refractivity contribution < 1.29 is 14.3 Å². The van der Waals surface area contributed by atoms with Gasteiger partial charge >= 0.3 is 0 Å². The highest BCUT2D eigenvalue weighted by Crippen LogP contribution is 2.17. The number of aromatic nitrogens is 2. The van der Waals surface area contributed by atoms with Crippen molar-refractivity contribution in [3.05, 3.63) is 90.8 Å². The lowest BCUT2D eigenvalue weighted by atomic mass is 10.3. The Bertz CT molecular complexity index is 1130. The van der Waals surface area contributed by atoms with E-state index < -0.39 is 0 Å². The maximum atomic E-state index is 12.1. The first-order chi connectivity index (χ1) is 15.8. The maximum absolute atomic E-state index is 12.1. The van der Waals surface area contributed by atoms with E-state index in [-0.39, 0.29) is 12.5 Å². The van der Waals surface area contributed by atoms with Crippen molar-refractivity contribution in [3.8, 4) is 11.5 Å². The summed E-state index contributed by atoms with van der Waals surface area (Å²) in [6.07, 6.45) is 1.50. The lowest BCUT2D eigenvalue weighted by Gasteiger charge is -2.11. The van der Waals surface area contributed by atoms with Gasteiger partial charge in [-0.05, 0) is 42.8 Å². The van der Waals surface area contributed by atoms with Crippen LogP contribution in [0.15, 0.2) is 84.9 Å². The van der Waals surface area contributed by atoms with E-state index >= 15 is 0 Å². The molecule has 0 radical (unpaired) electrons. The Morgan fingerprint density at radius 2 is 1.50 bits per heavy atom. The Kier molecular flexibility index (Phi) is 7.37.